The summed E-state index contributed by atoms with van der Waals surface area (Å²) in [6.45, 7) is 2.95. The van der Waals surface area contributed by atoms with E-state index >= 15 is 0 Å². The van der Waals surface area contributed by atoms with Crippen molar-refractivity contribution in [1.29, 1.82) is 0 Å². The largest absolute Gasteiger partial charge is 0.459 e. The molecule has 2 N–H and O–H groups in total. The maximum absolute atomic E-state index is 12.0. The predicted octanol–water partition coefficient (Wildman–Crippen LogP) is 4.69. The molecule has 0 fully saturated rings. The average molecular weight is 407 g/mol. The van der Waals surface area contributed by atoms with Crippen LogP contribution in [0.2, 0.25) is 5.02 Å². The molecular weight excluding hydrogens is 388 g/mol. The van der Waals surface area contributed by atoms with E-state index < -0.39 is 0 Å². The Morgan fingerprint density at radius 2 is 1.90 bits per heavy atom. The second-order valence-corrected chi connectivity index (χ2v) is 7.02. The van der Waals surface area contributed by atoms with Crippen molar-refractivity contribution >= 4 is 34.2 Å². The average Bonchev–Trinajstić information content (AvgIpc) is 3.26. The van der Waals surface area contributed by atoms with Gasteiger partial charge < -0.3 is 15.1 Å². The molecule has 0 bridgehead atoms. The van der Waals surface area contributed by atoms with Gasteiger partial charge in [-0.2, -0.15) is 0 Å². The molecule has 7 heteroatoms. The molecule has 0 spiro atoms. The molecule has 0 unspecified atom stereocenters. The molecule has 1 amide bonds. The summed E-state index contributed by atoms with van der Waals surface area (Å²) < 4.78 is 5.09. The van der Waals surface area contributed by atoms with Gasteiger partial charge in [-0.25, -0.2) is 9.97 Å². The molecule has 4 aromatic rings. The molecule has 2 aromatic carbocycles. The Morgan fingerprint density at radius 3 is 2.66 bits per heavy atom. The van der Waals surface area contributed by atoms with Crippen LogP contribution in [-0.4, -0.2) is 29.0 Å². The fraction of sp³-hybridized carbons (Fsp3) is 0.136. The molecule has 0 aliphatic carbocycles. The van der Waals surface area contributed by atoms with Crippen molar-refractivity contribution in [3.8, 4) is 11.4 Å². The van der Waals surface area contributed by atoms with Gasteiger partial charge in [0.2, 0.25) is 0 Å². The Bertz CT molecular complexity index is 1140. The van der Waals surface area contributed by atoms with E-state index in [-0.39, 0.29) is 11.7 Å². The molecule has 146 valence electrons. The molecule has 6 nitrogen and oxygen atoms in total. The number of anilines is 1. The zero-order valence-corrected chi connectivity index (χ0v) is 16.5. The second-order valence-electron chi connectivity index (χ2n) is 6.58. The first-order valence-corrected chi connectivity index (χ1v) is 9.58. The Morgan fingerprint density at radius 1 is 1.07 bits per heavy atom. The normalized spacial score (nSPS) is 10.8. The molecule has 0 aliphatic heterocycles. The SMILES string of the molecule is Cc1ccc(-c2nc(NCCNC(=O)c3ccco3)c3ccc(Cl)cc3n2)cc1. The lowest BCUT2D eigenvalue weighted by Gasteiger charge is -2.12. The number of fused-ring (bicyclic) bond motifs is 1. The first kappa shape index (κ1) is 19.0. The first-order chi connectivity index (χ1) is 14.1. The highest BCUT2D eigenvalue weighted by Crippen LogP contribution is 2.27. The number of carbonyl (C=O) groups excluding carboxylic acids is 1. The molecule has 4 rings (SSSR count). The van der Waals surface area contributed by atoms with Crippen LogP contribution in [0.15, 0.2) is 65.3 Å². The lowest BCUT2D eigenvalue weighted by Crippen LogP contribution is -2.28. The van der Waals surface area contributed by atoms with Gasteiger partial charge in [-0.1, -0.05) is 41.4 Å². The molecule has 29 heavy (non-hydrogen) atoms. The maximum atomic E-state index is 12.0. The summed E-state index contributed by atoms with van der Waals surface area (Å²) >= 11 is 6.16. The van der Waals surface area contributed by atoms with E-state index in [9.17, 15) is 4.79 Å². The molecule has 0 saturated carbocycles. The van der Waals surface area contributed by atoms with E-state index in [1.54, 1.807) is 12.1 Å². The lowest BCUT2D eigenvalue weighted by molar-refractivity contribution is 0.0927. The Kier molecular flexibility index (Phi) is 5.44. The number of carbonyl (C=O) groups is 1. The van der Waals surface area contributed by atoms with Crippen molar-refractivity contribution in [2.24, 2.45) is 0 Å². The summed E-state index contributed by atoms with van der Waals surface area (Å²) in [6.07, 6.45) is 1.47. The highest BCUT2D eigenvalue weighted by atomic mass is 35.5. The number of aryl methyl sites for hydroxylation is 1. The third kappa shape index (κ3) is 4.38. The summed E-state index contributed by atoms with van der Waals surface area (Å²) in [5, 5.41) is 7.57. The predicted molar refractivity (Wildman–Crippen MR) is 114 cm³/mol. The lowest BCUT2D eigenvalue weighted by atomic mass is 10.1. The van der Waals surface area contributed by atoms with Gasteiger partial charge in [-0.3, -0.25) is 4.79 Å². The molecule has 0 radical (unpaired) electrons. The molecule has 2 aromatic heterocycles. The number of hydrogen-bond donors (Lipinski definition) is 2. The van der Waals surface area contributed by atoms with Crippen LogP contribution in [0.4, 0.5) is 5.82 Å². The van der Waals surface area contributed by atoms with Crippen molar-refractivity contribution in [1.82, 2.24) is 15.3 Å². The van der Waals surface area contributed by atoms with Crippen molar-refractivity contribution in [3.63, 3.8) is 0 Å². The van der Waals surface area contributed by atoms with Gasteiger partial charge in [-0.05, 0) is 37.3 Å². The third-order valence-corrected chi connectivity index (χ3v) is 4.65. The molecular formula is C22H19ClN4O2. The number of amides is 1. The van der Waals surface area contributed by atoms with Gasteiger partial charge >= 0.3 is 0 Å². The van der Waals surface area contributed by atoms with Crippen LogP contribution < -0.4 is 10.6 Å². The molecule has 0 atom stereocenters. The maximum Gasteiger partial charge on any atom is 0.287 e. The van der Waals surface area contributed by atoms with Crippen molar-refractivity contribution in [2.45, 2.75) is 6.92 Å². The summed E-state index contributed by atoms with van der Waals surface area (Å²) in [5.74, 6) is 1.33. The van der Waals surface area contributed by atoms with Crippen molar-refractivity contribution < 1.29 is 9.21 Å². The minimum absolute atomic E-state index is 0.253. The van der Waals surface area contributed by atoms with E-state index in [1.165, 1.54) is 11.8 Å². The monoisotopic (exact) mass is 406 g/mol. The fourth-order valence-corrected chi connectivity index (χ4v) is 3.09. The number of furan rings is 1. The third-order valence-electron chi connectivity index (χ3n) is 4.42. The van der Waals surface area contributed by atoms with E-state index in [2.05, 4.69) is 15.6 Å². The smallest absolute Gasteiger partial charge is 0.287 e. The zero-order chi connectivity index (χ0) is 20.2. The van der Waals surface area contributed by atoms with Crippen LogP contribution in [0.3, 0.4) is 0 Å². The Labute approximate surface area is 172 Å². The van der Waals surface area contributed by atoms with Crippen LogP contribution >= 0.6 is 11.6 Å². The van der Waals surface area contributed by atoms with Gasteiger partial charge in [0.25, 0.3) is 5.91 Å². The number of nitrogens with zero attached hydrogens (tertiary/aromatic N) is 2. The van der Waals surface area contributed by atoms with Gasteiger partial charge in [0.15, 0.2) is 11.6 Å². The van der Waals surface area contributed by atoms with Crippen molar-refractivity contribution in [3.05, 3.63) is 77.2 Å². The highest BCUT2D eigenvalue weighted by Gasteiger charge is 2.11. The minimum atomic E-state index is -0.253. The number of benzene rings is 2. The minimum Gasteiger partial charge on any atom is -0.459 e. The Balaban J connectivity index is 1.55. The van der Waals surface area contributed by atoms with Crippen LogP contribution in [0.5, 0.6) is 0 Å². The summed E-state index contributed by atoms with van der Waals surface area (Å²) in [6, 6.07) is 16.9. The van der Waals surface area contributed by atoms with Crippen LogP contribution in [0, 0.1) is 6.92 Å². The fourth-order valence-electron chi connectivity index (χ4n) is 2.92. The molecule has 0 aliphatic rings. The topological polar surface area (TPSA) is 80.0 Å². The number of rotatable bonds is 6. The number of hydrogen-bond acceptors (Lipinski definition) is 5. The second kappa shape index (κ2) is 8.32. The number of nitrogens with one attached hydrogen (secondary N) is 2. The van der Waals surface area contributed by atoms with E-state index in [1.807, 2.05) is 49.4 Å². The van der Waals surface area contributed by atoms with E-state index in [0.717, 1.165) is 16.5 Å². The van der Waals surface area contributed by atoms with Gasteiger partial charge in [0.1, 0.15) is 5.82 Å². The van der Waals surface area contributed by atoms with E-state index in [0.29, 0.717) is 29.8 Å². The van der Waals surface area contributed by atoms with Crippen LogP contribution in [-0.2, 0) is 0 Å². The van der Waals surface area contributed by atoms with Crippen molar-refractivity contribution in [2.75, 3.05) is 18.4 Å². The summed E-state index contributed by atoms with van der Waals surface area (Å²) in [7, 11) is 0. The summed E-state index contributed by atoms with van der Waals surface area (Å²) in [4.78, 5) is 21.3. The molecule has 2 heterocycles. The first-order valence-electron chi connectivity index (χ1n) is 9.20. The Hall–Kier alpha value is -3.38. The molecule has 0 saturated heterocycles. The standard InChI is InChI=1S/C22H19ClN4O2/c1-14-4-6-15(7-5-14)20-26-18-13-16(23)8-9-17(18)21(27-20)24-10-11-25-22(28)19-3-2-12-29-19/h2-9,12-13H,10-11H2,1H3,(H,25,28)(H,24,26,27). The number of halogens is 1. The van der Waals surface area contributed by atoms with Gasteiger partial charge in [0, 0.05) is 29.1 Å². The summed E-state index contributed by atoms with van der Waals surface area (Å²) in [5.41, 5.74) is 2.85. The van der Waals surface area contributed by atoms with Gasteiger partial charge in [-0.15, -0.1) is 0 Å². The number of aromatic nitrogens is 2. The van der Waals surface area contributed by atoms with E-state index in [4.69, 9.17) is 21.0 Å². The van der Waals surface area contributed by atoms with Crippen LogP contribution in [0.25, 0.3) is 22.3 Å². The quantitative estimate of drug-likeness (QED) is 0.454. The highest BCUT2D eigenvalue weighted by molar-refractivity contribution is 6.31. The zero-order valence-electron chi connectivity index (χ0n) is 15.8. The van der Waals surface area contributed by atoms with Gasteiger partial charge in [0.05, 0.1) is 11.8 Å². The van der Waals surface area contributed by atoms with Crippen LogP contribution in [0.1, 0.15) is 16.1 Å².